The first-order chi connectivity index (χ1) is 6.87. The Bertz CT molecular complexity index is 349. The van der Waals surface area contributed by atoms with E-state index in [0.717, 1.165) is 0 Å². The zero-order chi connectivity index (χ0) is 11.5. The molecule has 1 rings (SSSR count). The van der Waals surface area contributed by atoms with Crippen LogP contribution in [0.2, 0.25) is 0 Å². The number of hydrogen-bond acceptors (Lipinski definition) is 3. The van der Waals surface area contributed by atoms with Crippen molar-refractivity contribution >= 4 is 23.4 Å². The summed E-state index contributed by atoms with van der Waals surface area (Å²) in [4.78, 5) is 11.0. The molecule has 0 unspecified atom stereocenters. The smallest absolute Gasteiger partial charge is 0.323 e. The molecule has 0 spiro atoms. The predicted octanol–water partition coefficient (Wildman–Crippen LogP) is 1.61. The highest BCUT2D eigenvalue weighted by Gasteiger charge is 2.29. The molecule has 0 bridgehead atoms. The molecule has 1 N–H and O–H groups in total. The van der Waals surface area contributed by atoms with E-state index in [9.17, 15) is 18.0 Å². The molecule has 1 heterocycles. The van der Waals surface area contributed by atoms with Crippen molar-refractivity contribution < 1.29 is 18.0 Å². The fourth-order valence-corrected chi connectivity index (χ4v) is 1.20. The molecule has 0 atom stereocenters. The Morgan fingerprint density at radius 3 is 2.80 bits per heavy atom. The van der Waals surface area contributed by atoms with Gasteiger partial charge in [-0.3, -0.25) is 9.48 Å². The summed E-state index contributed by atoms with van der Waals surface area (Å²) in [5, 5.41) is 6.04. The van der Waals surface area contributed by atoms with Crippen molar-refractivity contribution in [1.29, 1.82) is 0 Å². The van der Waals surface area contributed by atoms with Gasteiger partial charge in [0.1, 0.15) is 0 Å². The van der Waals surface area contributed by atoms with Gasteiger partial charge in [-0.05, 0) is 11.8 Å². The van der Waals surface area contributed by atoms with Gasteiger partial charge in [-0.25, -0.2) is 0 Å². The van der Waals surface area contributed by atoms with Gasteiger partial charge in [0, 0.05) is 13.2 Å². The molecule has 1 aromatic rings. The van der Waals surface area contributed by atoms with Crippen molar-refractivity contribution in [2.45, 2.75) is 5.51 Å². The molecule has 0 fully saturated rings. The molecule has 0 saturated heterocycles. The molecule has 0 aliphatic carbocycles. The third-order valence-electron chi connectivity index (χ3n) is 1.36. The average molecular weight is 239 g/mol. The van der Waals surface area contributed by atoms with Crippen LogP contribution in [0, 0.1) is 0 Å². The van der Waals surface area contributed by atoms with E-state index >= 15 is 0 Å². The number of alkyl halides is 3. The number of carbonyl (C=O) groups is 1. The van der Waals surface area contributed by atoms with Crippen LogP contribution < -0.4 is 5.32 Å². The summed E-state index contributed by atoms with van der Waals surface area (Å²) in [6.07, 6.45) is 2.85. The highest BCUT2D eigenvalue weighted by molar-refractivity contribution is 8.00. The number of anilines is 1. The third kappa shape index (κ3) is 4.73. The van der Waals surface area contributed by atoms with Gasteiger partial charge in [-0.15, -0.1) is 0 Å². The van der Waals surface area contributed by atoms with E-state index in [0.29, 0.717) is 5.69 Å². The maximum atomic E-state index is 11.7. The fraction of sp³-hybridized carbons (Fsp3) is 0.429. The van der Waals surface area contributed by atoms with Crippen molar-refractivity contribution in [3.05, 3.63) is 12.4 Å². The lowest BCUT2D eigenvalue weighted by Gasteiger charge is -2.04. The van der Waals surface area contributed by atoms with E-state index in [1.54, 1.807) is 7.05 Å². The molecular weight excluding hydrogens is 231 g/mol. The summed E-state index contributed by atoms with van der Waals surface area (Å²) in [6, 6.07) is 0. The lowest BCUT2D eigenvalue weighted by Crippen LogP contribution is -2.16. The Hall–Kier alpha value is -1.18. The number of rotatable bonds is 3. The van der Waals surface area contributed by atoms with E-state index < -0.39 is 17.2 Å². The molecule has 15 heavy (non-hydrogen) atoms. The van der Waals surface area contributed by atoms with Crippen LogP contribution in [-0.2, 0) is 11.8 Å². The second-order valence-electron chi connectivity index (χ2n) is 2.69. The standard InChI is InChI=1S/C7H8F3N3OS/c1-13-3-5(2-11-13)12-6(14)4-15-7(8,9)10/h2-3H,4H2,1H3,(H,12,14). The molecule has 1 amide bonds. The molecule has 4 nitrogen and oxygen atoms in total. The first-order valence-corrected chi connectivity index (χ1v) is 4.84. The van der Waals surface area contributed by atoms with E-state index in [1.165, 1.54) is 17.1 Å². The number of carbonyl (C=O) groups excluding carboxylic acids is 1. The highest BCUT2D eigenvalue weighted by atomic mass is 32.2. The first-order valence-electron chi connectivity index (χ1n) is 3.86. The minimum atomic E-state index is -4.38. The SMILES string of the molecule is Cn1cc(NC(=O)CSC(F)(F)F)cn1. The normalized spacial score (nSPS) is 11.5. The monoisotopic (exact) mass is 239 g/mol. The number of nitrogens with zero attached hydrogens (tertiary/aromatic N) is 2. The van der Waals surface area contributed by atoms with Crippen LogP contribution in [0.3, 0.4) is 0 Å². The Labute approximate surface area is 87.8 Å². The van der Waals surface area contributed by atoms with E-state index in [2.05, 4.69) is 10.4 Å². The van der Waals surface area contributed by atoms with Crippen LogP contribution in [0.5, 0.6) is 0 Å². The van der Waals surface area contributed by atoms with E-state index in [1.807, 2.05) is 0 Å². The summed E-state index contributed by atoms with van der Waals surface area (Å²) in [7, 11) is 1.64. The van der Waals surface area contributed by atoms with E-state index in [4.69, 9.17) is 0 Å². The summed E-state index contributed by atoms with van der Waals surface area (Å²) in [5.41, 5.74) is -4.00. The number of thioether (sulfide) groups is 1. The summed E-state index contributed by atoms with van der Waals surface area (Å²) < 4.78 is 36.6. The number of aryl methyl sites for hydroxylation is 1. The fourth-order valence-electron chi connectivity index (χ4n) is 0.830. The van der Waals surface area contributed by atoms with Crippen molar-refractivity contribution in [3.63, 3.8) is 0 Å². The number of amides is 1. The van der Waals surface area contributed by atoms with Gasteiger partial charge in [0.25, 0.3) is 0 Å². The number of aromatic nitrogens is 2. The molecule has 0 aliphatic rings. The molecule has 8 heteroatoms. The molecule has 1 aromatic heterocycles. The van der Waals surface area contributed by atoms with E-state index in [-0.39, 0.29) is 11.8 Å². The van der Waals surface area contributed by atoms with Gasteiger partial charge in [0.05, 0.1) is 17.6 Å². The quantitative estimate of drug-likeness (QED) is 0.871. The molecule has 0 aromatic carbocycles. The van der Waals surface area contributed by atoms with Crippen molar-refractivity contribution in [3.8, 4) is 0 Å². The Morgan fingerprint density at radius 2 is 2.33 bits per heavy atom. The van der Waals surface area contributed by atoms with Crippen LogP contribution in [0.1, 0.15) is 0 Å². The van der Waals surface area contributed by atoms with Crippen LogP contribution in [0.25, 0.3) is 0 Å². The van der Waals surface area contributed by atoms with Crippen LogP contribution >= 0.6 is 11.8 Å². The zero-order valence-electron chi connectivity index (χ0n) is 7.71. The van der Waals surface area contributed by atoms with Gasteiger partial charge in [0.2, 0.25) is 5.91 Å². The number of hydrogen-bond donors (Lipinski definition) is 1. The number of halogens is 3. The van der Waals surface area contributed by atoms with Crippen LogP contribution in [-0.4, -0.2) is 26.9 Å². The van der Waals surface area contributed by atoms with Gasteiger partial charge in [-0.1, -0.05) is 0 Å². The van der Waals surface area contributed by atoms with Crippen molar-refractivity contribution in [2.75, 3.05) is 11.1 Å². The minimum Gasteiger partial charge on any atom is -0.323 e. The van der Waals surface area contributed by atoms with Gasteiger partial charge >= 0.3 is 5.51 Å². The second kappa shape index (κ2) is 4.56. The van der Waals surface area contributed by atoms with Gasteiger partial charge < -0.3 is 5.32 Å². The van der Waals surface area contributed by atoms with Crippen LogP contribution in [0.4, 0.5) is 18.9 Å². The third-order valence-corrected chi connectivity index (χ3v) is 2.09. The Balaban J connectivity index is 2.37. The average Bonchev–Trinajstić information content (AvgIpc) is 2.47. The first kappa shape index (κ1) is 11.9. The van der Waals surface area contributed by atoms with Crippen molar-refractivity contribution in [1.82, 2.24) is 9.78 Å². The predicted molar refractivity (Wildman–Crippen MR) is 50.4 cm³/mol. The summed E-state index contributed by atoms with van der Waals surface area (Å²) in [5.74, 6) is -1.36. The number of nitrogens with one attached hydrogen (secondary N) is 1. The topological polar surface area (TPSA) is 46.9 Å². The highest BCUT2D eigenvalue weighted by Crippen LogP contribution is 2.29. The molecule has 0 aliphatic heterocycles. The maximum Gasteiger partial charge on any atom is 0.442 e. The van der Waals surface area contributed by atoms with Gasteiger partial charge in [0.15, 0.2) is 0 Å². The molecular formula is C7H8F3N3OS. The Morgan fingerprint density at radius 1 is 1.67 bits per heavy atom. The molecule has 84 valence electrons. The van der Waals surface area contributed by atoms with Crippen LogP contribution in [0.15, 0.2) is 12.4 Å². The molecule has 0 radical (unpaired) electrons. The summed E-state index contributed by atoms with van der Waals surface area (Å²) in [6.45, 7) is 0. The van der Waals surface area contributed by atoms with Gasteiger partial charge in [-0.2, -0.15) is 18.3 Å². The zero-order valence-corrected chi connectivity index (χ0v) is 8.52. The Kier molecular flexibility index (Phi) is 3.61. The largest absolute Gasteiger partial charge is 0.442 e. The lowest BCUT2D eigenvalue weighted by atomic mass is 10.5. The minimum absolute atomic E-state index is 0.372. The lowest BCUT2D eigenvalue weighted by molar-refractivity contribution is -0.114. The molecule has 0 saturated carbocycles. The summed E-state index contributed by atoms with van der Waals surface area (Å²) >= 11 is -0.372. The maximum absolute atomic E-state index is 11.7. The second-order valence-corrected chi connectivity index (χ2v) is 3.73. The van der Waals surface area contributed by atoms with Crippen molar-refractivity contribution in [2.24, 2.45) is 7.05 Å².